The molecule has 0 spiro atoms. The van der Waals surface area contributed by atoms with Crippen LogP contribution < -0.4 is 5.32 Å². The van der Waals surface area contributed by atoms with E-state index < -0.39 is 0 Å². The third-order valence-electron chi connectivity index (χ3n) is 3.44. The van der Waals surface area contributed by atoms with Crippen LogP contribution in [0.25, 0.3) is 0 Å². The fourth-order valence-corrected chi connectivity index (χ4v) is 2.34. The molecule has 1 N–H and O–H groups in total. The van der Waals surface area contributed by atoms with E-state index in [1.807, 2.05) is 19.1 Å². The summed E-state index contributed by atoms with van der Waals surface area (Å²) in [7, 11) is 0. The average molecular weight is 235 g/mol. The summed E-state index contributed by atoms with van der Waals surface area (Å²) in [5.41, 5.74) is 0. The van der Waals surface area contributed by atoms with E-state index in [0.29, 0.717) is 11.7 Å². The van der Waals surface area contributed by atoms with Crippen LogP contribution in [0.3, 0.4) is 0 Å². The van der Waals surface area contributed by atoms with Crippen LogP contribution in [0.4, 0.5) is 0 Å². The van der Waals surface area contributed by atoms with Crippen molar-refractivity contribution in [1.82, 2.24) is 5.32 Å². The smallest absolute Gasteiger partial charge is 0.132 e. The lowest BCUT2D eigenvalue weighted by molar-refractivity contribution is -0.120. The van der Waals surface area contributed by atoms with Crippen molar-refractivity contribution in [3.05, 3.63) is 23.7 Å². The molecule has 1 aliphatic rings. The highest BCUT2D eigenvalue weighted by molar-refractivity contribution is 5.79. The zero-order valence-corrected chi connectivity index (χ0v) is 10.5. The second-order valence-corrected chi connectivity index (χ2v) is 4.95. The predicted molar refractivity (Wildman–Crippen MR) is 67.0 cm³/mol. The zero-order valence-electron chi connectivity index (χ0n) is 10.5. The van der Waals surface area contributed by atoms with Crippen molar-refractivity contribution in [3.63, 3.8) is 0 Å². The van der Waals surface area contributed by atoms with Crippen LogP contribution in [-0.4, -0.2) is 18.9 Å². The second-order valence-electron chi connectivity index (χ2n) is 4.95. The topological polar surface area (TPSA) is 42.2 Å². The summed E-state index contributed by atoms with van der Waals surface area (Å²) in [5.74, 6) is 3.15. The van der Waals surface area contributed by atoms with Gasteiger partial charge in [0.15, 0.2) is 0 Å². The first kappa shape index (κ1) is 12.4. The van der Waals surface area contributed by atoms with E-state index in [9.17, 15) is 4.79 Å². The van der Waals surface area contributed by atoms with Crippen molar-refractivity contribution >= 4 is 5.78 Å². The number of nitrogens with one attached hydrogen (secondary N) is 1. The summed E-state index contributed by atoms with van der Waals surface area (Å²) in [6, 6.07) is 4.04. The second kappa shape index (κ2) is 6.01. The van der Waals surface area contributed by atoms with E-state index in [1.54, 1.807) is 0 Å². The number of ketones is 1. The predicted octanol–water partition coefficient (Wildman–Crippen LogP) is 2.48. The molecule has 0 amide bonds. The Morgan fingerprint density at radius 2 is 2.12 bits per heavy atom. The SMILES string of the molecule is Cc1ccc(CCNCC2CCC(=O)CC2)o1. The molecule has 1 aliphatic carbocycles. The van der Waals surface area contributed by atoms with E-state index in [2.05, 4.69) is 5.32 Å². The molecule has 1 aromatic heterocycles. The molecule has 0 aromatic carbocycles. The maximum atomic E-state index is 11.1. The van der Waals surface area contributed by atoms with Gasteiger partial charge in [0.05, 0.1) is 0 Å². The highest BCUT2D eigenvalue weighted by Crippen LogP contribution is 2.20. The molecule has 0 radical (unpaired) electrons. The van der Waals surface area contributed by atoms with Gasteiger partial charge in [-0.2, -0.15) is 0 Å². The lowest BCUT2D eigenvalue weighted by Crippen LogP contribution is -2.27. The monoisotopic (exact) mass is 235 g/mol. The van der Waals surface area contributed by atoms with Gasteiger partial charge in [0.1, 0.15) is 17.3 Å². The lowest BCUT2D eigenvalue weighted by Gasteiger charge is -2.20. The lowest BCUT2D eigenvalue weighted by atomic mass is 9.88. The first-order chi connectivity index (χ1) is 8.24. The number of hydrogen-bond acceptors (Lipinski definition) is 3. The molecule has 3 heteroatoms. The van der Waals surface area contributed by atoms with Crippen LogP contribution in [0, 0.1) is 12.8 Å². The molecule has 1 fully saturated rings. The molecular formula is C14H21NO2. The van der Waals surface area contributed by atoms with Crippen molar-refractivity contribution in [1.29, 1.82) is 0 Å². The quantitative estimate of drug-likeness (QED) is 0.797. The summed E-state index contributed by atoms with van der Waals surface area (Å²) in [6.07, 6.45) is 4.63. The molecular weight excluding hydrogens is 214 g/mol. The average Bonchev–Trinajstić information content (AvgIpc) is 2.73. The Bertz CT molecular complexity index is 360. The van der Waals surface area contributed by atoms with Gasteiger partial charge in [-0.05, 0) is 44.4 Å². The van der Waals surface area contributed by atoms with Gasteiger partial charge in [-0.15, -0.1) is 0 Å². The Labute approximate surface area is 103 Å². The van der Waals surface area contributed by atoms with E-state index in [1.165, 1.54) is 0 Å². The number of carbonyl (C=O) groups is 1. The van der Waals surface area contributed by atoms with Gasteiger partial charge in [-0.1, -0.05) is 0 Å². The Hall–Kier alpha value is -1.09. The molecule has 94 valence electrons. The summed E-state index contributed by atoms with van der Waals surface area (Å²) in [6.45, 7) is 3.96. The molecule has 17 heavy (non-hydrogen) atoms. The van der Waals surface area contributed by atoms with Gasteiger partial charge in [0.2, 0.25) is 0 Å². The van der Waals surface area contributed by atoms with Gasteiger partial charge in [-0.3, -0.25) is 4.79 Å². The van der Waals surface area contributed by atoms with Crippen LogP contribution in [0.5, 0.6) is 0 Å². The number of carbonyl (C=O) groups excluding carboxylic acids is 1. The Kier molecular flexibility index (Phi) is 4.37. The van der Waals surface area contributed by atoms with E-state index >= 15 is 0 Å². The molecule has 0 unspecified atom stereocenters. The fraction of sp³-hybridized carbons (Fsp3) is 0.643. The maximum absolute atomic E-state index is 11.1. The molecule has 0 bridgehead atoms. The number of furan rings is 1. The van der Waals surface area contributed by atoms with Crippen LogP contribution in [-0.2, 0) is 11.2 Å². The zero-order chi connectivity index (χ0) is 12.1. The third kappa shape index (κ3) is 4.00. The van der Waals surface area contributed by atoms with Gasteiger partial charge in [-0.25, -0.2) is 0 Å². The highest BCUT2D eigenvalue weighted by Gasteiger charge is 2.17. The van der Waals surface area contributed by atoms with Crippen LogP contribution in [0.1, 0.15) is 37.2 Å². The van der Waals surface area contributed by atoms with Gasteiger partial charge in [0, 0.05) is 25.8 Å². The molecule has 0 saturated heterocycles. The number of rotatable bonds is 5. The Morgan fingerprint density at radius 3 is 2.76 bits per heavy atom. The van der Waals surface area contributed by atoms with Crippen LogP contribution in [0.2, 0.25) is 0 Å². The van der Waals surface area contributed by atoms with Gasteiger partial charge >= 0.3 is 0 Å². The number of hydrogen-bond donors (Lipinski definition) is 1. The first-order valence-corrected chi connectivity index (χ1v) is 6.52. The number of aryl methyl sites for hydroxylation is 1. The molecule has 1 saturated carbocycles. The first-order valence-electron chi connectivity index (χ1n) is 6.52. The Balaban J connectivity index is 1.58. The van der Waals surface area contributed by atoms with E-state index in [-0.39, 0.29) is 0 Å². The summed E-state index contributed by atoms with van der Waals surface area (Å²) >= 11 is 0. The normalized spacial score (nSPS) is 17.6. The van der Waals surface area contributed by atoms with Crippen LogP contribution >= 0.6 is 0 Å². The van der Waals surface area contributed by atoms with E-state index in [4.69, 9.17) is 4.42 Å². The van der Waals surface area contributed by atoms with Gasteiger partial charge < -0.3 is 9.73 Å². The number of Topliss-reactive ketones (excluding diaryl/α,β-unsaturated/α-hetero) is 1. The van der Waals surface area contributed by atoms with E-state index in [0.717, 1.165) is 56.7 Å². The summed E-state index contributed by atoms with van der Waals surface area (Å²) < 4.78 is 5.50. The summed E-state index contributed by atoms with van der Waals surface area (Å²) in [5, 5.41) is 3.46. The largest absolute Gasteiger partial charge is 0.466 e. The Morgan fingerprint density at radius 1 is 1.35 bits per heavy atom. The molecule has 0 atom stereocenters. The standard InChI is InChI=1S/C14H21NO2/c1-11-2-7-14(17-11)8-9-15-10-12-3-5-13(16)6-4-12/h2,7,12,15H,3-6,8-10H2,1H3. The minimum absolute atomic E-state index is 0.437. The van der Waals surface area contributed by atoms with Crippen molar-refractivity contribution in [2.24, 2.45) is 5.92 Å². The third-order valence-corrected chi connectivity index (χ3v) is 3.44. The molecule has 1 aromatic rings. The molecule has 1 heterocycles. The minimum Gasteiger partial charge on any atom is -0.466 e. The van der Waals surface area contributed by atoms with Crippen molar-refractivity contribution in [2.75, 3.05) is 13.1 Å². The molecule has 2 rings (SSSR count). The van der Waals surface area contributed by atoms with Crippen molar-refractivity contribution in [2.45, 2.75) is 39.0 Å². The summed E-state index contributed by atoms with van der Waals surface area (Å²) in [4.78, 5) is 11.1. The molecule has 0 aliphatic heterocycles. The van der Waals surface area contributed by atoms with Crippen LogP contribution in [0.15, 0.2) is 16.5 Å². The fourth-order valence-electron chi connectivity index (χ4n) is 2.34. The molecule has 3 nitrogen and oxygen atoms in total. The van der Waals surface area contributed by atoms with Crippen molar-refractivity contribution in [3.8, 4) is 0 Å². The maximum Gasteiger partial charge on any atom is 0.132 e. The minimum atomic E-state index is 0.437. The highest BCUT2D eigenvalue weighted by atomic mass is 16.3. The van der Waals surface area contributed by atoms with Gasteiger partial charge in [0.25, 0.3) is 0 Å². The van der Waals surface area contributed by atoms with Crippen molar-refractivity contribution < 1.29 is 9.21 Å².